The van der Waals surface area contributed by atoms with Gasteiger partial charge in [0.25, 0.3) is 5.56 Å². The highest BCUT2D eigenvalue weighted by Gasteiger charge is 2.24. The largest absolute Gasteiger partial charge is 0.352 e. The summed E-state index contributed by atoms with van der Waals surface area (Å²) in [6.45, 7) is 6.15. The number of pyridine rings is 1. The fraction of sp³-hybridized carbons (Fsp3) is 0.667. The predicted molar refractivity (Wildman–Crippen MR) is 100 cm³/mol. The van der Waals surface area contributed by atoms with Crippen LogP contribution in [0.3, 0.4) is 0 Å². The second kappa shape index (κ2) is 8.81. The first-order valence-electron chi connectivity index (χ1n) is 9.29. The summed E-state index contributed by atoms with van der Waals surface area (Å²) in [5.74, 6) is 0.155. The molecule has 0 saturated heterocycles. The molecule has 8 heteroatoms. The topological polar surface area (TPSA) is 88.5 Å². The molecule has 1 heterocycles. The Hall–Kier alpha value is -1.67. The SMILES string of the molecule is CCN(CC)S(=O)(=O)c1ccc(=O)n(CC(=O)N[C@@H]2CCCC[C@H]2C)c1. The van der Waals surface area contributed by atoms with E-state index in [1.165, 1.54) is 33.6 Å². The van der Waals surface area contributed by atoms with E-state index in [1.807, 2.05) is 0 Å². The van der Waals surface area contributed by atoms with E-state index in [0.717, 1.165) is 19.3 Å². The van der Waals surface area contributed by atoms with Crippen molar-refractivity contribution in [3.05, 3.63) is 28.7 Å². The maximum absolute atomic E-state index is 12.6. The third-order valence-electron chi connectivity index (χ3n) is 5.07. The highest BCUT2D eigenvalue weighted by Crippen LogP contribution is 2.23. The van der Waals surface area contributed by atoms with Gasteiger partial charge in [-0.25, -0.2) is 8.42 Å². The molecule has 1 saturated carbocycles. The molecule has 2 rings (SSSR count). The van der Waals surface area contributed by atoms with E-state index in [-0.39, 0.29) is 23.4 Å². The van der Waals surface area contributed by atoms with E-state index >= 15 is 0 Å². The summed E-state index contributed by atoms with van der Waals surface area (Å²) in [5, 5.41) is 2.99. The van der Waals surface area contributed by atoms with E-state index in [0.29, 0.717) is 19.0 Å². The summed E-state index contributed by atoms with van der Waals surface area (Å²) in [5.41, 5.74) is -0.393. The monoisotopic (exact) mass is 383 g/mol. The number of hydrogen-bond acceptors (Lipinski definition) is 4. The van der Waals surface area contributed by atoms with Gasteiger partial charge in [-0.05, 0) is 24.8 Å². The third-order valence-corrected chi connectivity index (χ3v) is 7.10. The number of carbonyl (C=O) groups is 1. The smallest absolute Gasteiger partial charge is 0.251 e. The molecule has 7 nitrogen and oxygen atoms in total. The van der Waals surface area contributed by atoms with Gasteiger partial charge in [0, 0.05) is 31.4 Å². The summed E-state index contributed by atoms with van der Waals surface area (Å²) in [4.78, 5) is 24.5. The molecule has 1 fully saturated rings. The number of amides is 1. The number of aromatic nitrogens is 1. The van der Waals surface area contributed by atoms with Crippen LogP contribution in [0.1, 0.15) is 46.5 Å². The Labute approximate surface area is 155 Å². The number of hydrogen-bond donors (Lipinski definition) is 1. The van der Waals surface area contributed by atoms with Gasteiger partial charge < -0.3 is 9.88 Å². The number of nitrogens with one attached hydrogen (secondary N) is 1. The first-order chi connectivity index (χ1) is 12.3. The van der Waals surface area contributed by atoms with Crippen molar-refractivity contribution in [2.45, 2.75) is 63.9 Å². The van der Waals surface area contributed by atoms with Gasteiger partial charge in [0.2, 0.25) is 15.9 Å². The molecule has 1 aliphatic carbocycles. The molecule has 1 N–H and O–H groups in total. The van der Waals surface area contributed by atoms with Crippen molar-refractivity contribution in [2.24, 2.45) is 5.92 Å². The van der Waals surface area contributed by atoms with Crippen molar-refractivity contribution in [1.29, 1.82) is 0 Å². The average Bonchev–Trinajstić information content (AvgIpc) is 2.59. The number of nitrogens with zero attached hydrogens (tertiary/aromatic N) is 2. The molecule has 1 aromatic rings. The lowest BCUT2D eigenvalue weighted by atomic mass is 9.86. The molecule has 0 aliphatic heterocycles. The summed E-state index contributed by atoms with van der Waals surface area (Å²) in [7, 11) is -3.67. The fourth-order valence-electron chi connectivity index (χ4n) is 3.44. The third kappa shape index (κ3) is 4.73. The van der Waals surface area contributed by atoms with Gasteiger partial charge >= 0.3 is 0 Å². The first-order valence-corrected chi connectivity index (χ1v) is 10.7. The van der Waals surface area contributed by atoms with Crippen molar-refractivity contribution in [3.8, 4) is 0 Å². The lowest BCUT2D eigenvalue weighted by Crippen LogP contribution is -2.43. The molecule has 0 unspecified atom stereocenters. The standard InChI is InChI=1S/C18H29N3O4S/c1-4-21(5-2)26(24,25)15-10-11-18(23)20(12-15)13-17(22)19-16-9-7-6-8-14(16)3/h10-12,14,16H,4-9,13H2,1-3H3,(H,19,22)/t14-,16-/m1/s1. The van der Waals surface area contributed by atoms with Gasteiger partial charge in [0.05, 0.1) is 4.90 Å². The Bertz CT molecular complexity index is 784. The van der Waals surface area contributed by atoms with Crippen LogP contribution in [0.15, 0.2) is 28.0 Å². The second-order valence-corrected chi connectivity index (χ2v) is 8.79. The quantitative estimate of drug-likeness (QED) is 0.774. The average molecular weight is 384 g/mol. The molecule has 1 aromatic heterocycles. The molecular formula is C18H29N3O4S. The minimum Gasteiger partial charge on any atom is -0.352 e. The Balaban J connectivity index is 2.17. The Kier molecular flexibility index (Phi) is 7.00. The normalized spacial score (nSPS) is 20.9. The molecular weight excluding hydrogens is 354 g/mol. The molecule has 146 valence electrons. The van der Waals surface area contributed by atoms with Crippen LogP contribution >= 0.6 is 0 Å². The highest BCUT2D eigenvalue weighted by atomic mass is 32.2. The van der Waals surface area contributed by atoms with Gasteiger partial charge in [0.1, 0.15) is 6.54 Å². The summed E-state index contributed by atoms with van der Waals surface area (Å²) in [6, 6.07) is 2.62. The maximum Gasteiger partial charge on any atom is 0.251 e. The van der Waals surface area contributed by atoms with Crippen molar-refractivity contribution in [2.75, 3.05) is 13.1 Å². The van der Waals surface area contributed by atoms with Crippen LogP contribution in [0.25, 0.3) is 0 Å². The van der Waals surface area contributed by atoms with Gasteiger partial charge in [-0.15, -0.1) is 0 Å². The zero-order valence-electron chi connectivity index (χ0n) is 15.8. The lowest BCUT2D eigenvalue weighted by Gasteiger charge is -2.29. The zero-order chi connectivity index (χ0) is 19.3. The van der Waals surface area contributed by atoms with E-state index in [4.69, 9.17) is 0 Å². The Morgan fingerprint density at radius 3 is 2.50 bits per heavy atom. The predicted octanol–water partition coefficient (Wildman–Crippen LogP) is 1.57. The van der Waals surface area contributed by atoms with E-state index in [2.05, 4.69) is 12.2 Å². The molecule has 1 aliphatic rings. The van der Waals surface area contributed by atoms with E-state index in [1.54, 1.807) is 13.8 Å². The summed E-state index contributed by atoms with van der Waals surface area (Å²) >= 11 is 0. The van der Waals surface area contributed by atoms with Gasteiger partial charge in [0.15, 0.2) is 0 Å². The summed E-state index contributed by atoms with van der Waals surface area (Å²) < 4.78 is 27.7. The van der Waals surface area contributed by atoms with Crippen LogP contribution in [0.2, 0.25) is 0 Å². The van der Waals surface area contributed by atoms with Crippen LogP contribution in [-0.2, 0) is 21.4 Å². The van der Waals surface area contributed by atoms with Gasteiger partial charge in [-0.1, -0.05) is 33.6 Å². The van der Waals surface area contributed by atoms with Crippen molar-refractivity contribution in [1.82, 2.24) is 14.2 Å². The van der Waals surface area contributed by atoms with Gasteiger partial charge in [-0.3, -0.25) is 9.59 Å². The molecule has 26 heavy (non-hydrogen) atoms. The molecule has 2 atom stereocenters. The van der Waals surface area contributed by atoms with Crippen molar-refractivity contribution >= 4 is 15.9 Å². The molecule has 0 aromatic carbocycles. The first kappa shape index (κ1) is 20.6. The molecule has 0 spiro atoms. The lowest BCUT2D eigenvalue weighted by molar-refractivity contribution is -0.123. The minimum absolute atomic E-state index is 0.0274. The maximum atomic E-state index is 12.6. The van der Waals surface area contributed by atoms with Crippen LogP contribution in [-0.4, -0.2) is 42.3 Å². The molecule has 0 bridgehead atoms. The number of carbonyl (C=O) groups excluding carboxylic acids is 1. The van der Waals surface area contributed by atoms with E-state index < -0.39 is 15.6 Å². The van der Waals surface area contributed by atoms with Crippen LogP contribution in [0.5, 0.6) is 0 Å². The minimum atomic E-state index is -3.67. The van der Waals surface area contributed by atoms with Crippen LogP contribution in [0.4, 0.5) is 0 Å². The Morgan fingerprint density at radius 1 is 1.23 bits per heavy atom. The fourth-order valence-corrected chi connectivity index (χ4v) is 4.91. The highest BCUT2D eigenvalue weighted by molar-refractivity contribution is 7.89. The van der Waals surface area contributed by atoms with E-state index in [9.17, 15) is 18.0 Å². The zero-order valence-corrected chi connectivity index (χ0v) is 16.6. The second-order valence-electron chi connectivity index (χ2n) is 6.86. The molecule has 1 amide bonds. The van der Waals surface area contributed by atoms with Crippen LogP contribution < -0.4 is 10.9 Å². The number of rotatable bonds is 7. The van der Waals surface area contributed by atoms with Crippen molar-refractivity contribution < 1.29 is 13.2 Å². The Morgan fingerprint density at radius 2 is 1.88 bits per heavy atom. The van der Waals surface area contributed by atoms with Crippen LogP contribution in [0, 0.1) is 5.92 Å². The van der Waals surface area contributed by atoms with Crippen molar-refractivity contribution in [3.63, 3.8) is 0 Å². The summed E-state index contributed by atoms with van der Waals surface area (Å²) in [6.07, 6.45) is 5.56. The van der Waals surface area contributed by atoms with Gasteiger partial charge in [-0.2, -0.15) is 4.31 Å². The number of sulfonamides is 1. The molecule has 0 radical (unpaired) electrons.